The lowest BCUT2D eigenvalue weighted by Gasteiger charge is -2.09. The third-order valence-electron chi connectivity index (χ3n) is 2.05. The Morgan fingerprint density at radius 1 is 1.54 bits per heavy atom. The van der Waals surface area contributed by atoms with Crippen LogP contribution in [0.5, 0.6) is 0 Å². The number of aliphatic carboxylic acids is 1. The first-order valence-electron chi connectivity index (χ1n) is 4.11. The average molecular weight is 176 g/mol. The number of carbonyl (C=O) groups is 1. The fraction of sp³-hybridized carbons (Fsp3) is 0.182. The van der Waals surface area contributed by atoms with Crippen LogP contribution >= 0.6 is 0 Å². The molecule has 1 rings (SSSR count). The second-order valence-electron chi connectivity index (χ2n) is 2.89. The van der Waals surface area contributed by atoms with Crippen LogP contribution in [0.3, 0.4) is 0 Å². The van der Waals surface area contributed by atoms with Crippen LogP contribution in [-0.4, -0.2) is 11.1 Å². The van der Waals surface area contributed by atoms with Gasteiger partial charge in [0.05, 0.1) is 5.92 Å². The molecule has 0 aliphatic rings. The first-order valence-corrected chi connectivity index (χ1v) is 4.11. The first kappa shape index (κ1) is 9.52. The molecule has 1 N–H and O–H groups in total. The maximum Gasteiger partial charge on any atom is 0.310 e. The van der Waals surface area contributed by atoms with Crippen LogP contribution in [0.15, 0.2) is 30.8 Å². The fourth-order valence-electron chi connectivity index (χ4n) is 1.22. The molecule has 0 saturated carbocycles. The van der Waals surface area contributed by atoms with E-state index in [9.17, 15) is 4.79 Å². The number of hydrogen-bond donors (Lipinski definition) is 1. The van der Waals surface area contributed by atoms with Crippen LogP contribution in [0.4, 0.5) is 0 Å². The van der Waals surface area contributed by atoms with Gasteiger partial charge in [-0.2, -0.15) is 0 Å². The van der Waals surface area contributed by atoms with E-state index < -0.39 is 11.9 Å². The van der Waals surface area contributed by atoms with E-state index in [4.69, 9.17) is 5.11 Å². The van der Waals surface area contributed by atoms with Gasteiger partial charge in [-0.25, -0.2) is 0 Å². The average Bonchev–Trinajstić information content (AvgIpc) is 2.16. The van der Waals surface area contributed by atoms with Crippen LogP contribution < -0.4 is 0 Å². The summed E-state index contributed by atoms with van der Waals surface area (Å²) in [7, 11) is 0. The van der Waals surface area contributed by atoms with Crippen molar-refractivity contribution in [1.29, 1.82) is 0 Å². The number of hydrogen-bond acceptors (Lipinski definition) is 1. The summed E-state index contributed by atoms with van der Waals surface area (Å²) in [6, 6.07) is 7.38. The Balaban J connectivity index is 3.12. The maximum absolute atomic E-state index is 10.7. The summed E-state index contributed by atoms with van der Waals surface area (Å²) >= 11 is 0. The van der Waals surface area contributed by atoms with Crippen molar-refractivity contribution in [2.24, 2.45) is 0 Å². The van der Waals surface area contributed by atoms with Crippen molar-refractivity contribution in [1.82, 2.24) is 0 Å². The molecule has 1 atom stereocenters. The molecule has 0 fully saturated rings. The predicted molar refractivity (Wildman–Crippen MR) is 52.6 cm³/mol. The van der Waals surface area contributed by atoms with Crippen molar-refractivity contribution in [3.63, 3.8) is 0 Å². The minimum atomic E-state index is -0.811. The molecule has 1 aromatic rings. The summed E-state index contributed by atoms with van der Waals surface area (Å²) in [6.45, 7) is 5.31. The summed E-state index contributed by atoms with van der Waals surface area (Å²) in [4.78, 5) is 10.7. The van der Waals surface area contributed by atoms with E-state index in [1.54, 1.807) is 13.0 Å². The van der Waals surface area contributed by atoms with E-state index in [0.29, 0.717) is 0 Å². The van der Waals surface area contributed by atoms with Crippen LogP contribution in [0.1, 0.15) is 24.0 Å². The van der Waals surface area contributed by atoms with E-state index in [2.05, 4.69) is 6.58 Å². The van der Waals surface area contributed by atoms with Gasteiger partial charge in [-0.3, -0.25) is 4.79 Å². The number of benzene rings is 1. The Bertz CT molecular complexity index is 329. The molecule has 0 spiro atoms. The molecule has 0 heterocycles. The molecule has 0 aliphatic heterocycles. The van der Waals surface area contributed by atoms with E-state index in [1.807, 2.05) is 24.3 Å². The van der Waals surface area contributed by atoms with Gasteiger partial charge in [-0.1, -0.05) is 36.9 Å². The second-order valence-corrected chi connectivity index (χ2v) is 2.89. The highest BCUT2D eigenvalue weighted by Crippen LogP contribution is 2.20. The van der Waals surface area contributed by atoms with Crippen molar-refractivity contribution >= 4 is 12.0 Å². The van der Waals surface area contributed by atoms with Gasteiger partial charge in [-0.15, -0.1) is 0 Å². The Kier molecular flexibility index (Phi) is 2.85. The SMILES string of the molecule is C=Cc1ccccc1C(C)C(=O)O. The first-order chi connectivity index (χ1) is 6.16. The monoisotopic (exact) mass is 176 g/mol. The van der Waals surface area contributed by atoms with Gasteiger partial charge < -0.3 is 5.11 Å². The van der Waals surface area contributed by atoms with Gasteiger partial charge in [-0.05, 0) is 18.1 Å². The Morgan fingerprint density at radius 3 is 2.69 bits per heavy atom. The van der Waals surface area contributed by atoms with Crippen LogP contribution in [0, 0.1) is 0 Å². The molecule has 0 amide bonds. The van der Waals surface area contributed by atoms with Gasteiger partial charge in [0.25, 0.3) is 0 Å². The predicted octanol–water partition coefficient (Wildman–Crippen LogP) is 2.52. The highest BCUT2D eigenvalue weighted by Gasteiger charge is 2.15. The summed E-state index contributed by atoms with van der Waals surface area (Å²) in [5.41, 5.74) is 1.70. The summed E-state index contributed by atoms with van der Waals surface area (Å²) in [5, 5.41) is 8.82. The molecule has 0 aliphatic carbocycles. The third kappa shape index (κ3) is 1.96. The van der Waals surface area contributed by atoms with Crippen molar-refractivity contribution in [2.45, 2.75) is 12.8 Å². The zero-order valence-electron chi connectivity index (χ0n) is 7.53. The summed E-state index contributed by atoms with van der Waals surface area (Å²) < 4.78 is 0. The Morgan fingerprint density at radius 2 is 2.15 bits per heavy atom. The lowest BCUT2D eigenvalue weighted by molar-refractivity contribution is -0.138. The van der Waals surface area contributed by atoms with E-state index in [-0.39, 0.29) is 0 Å². The van der Waals surface area contributed by atoms with Crippen LogP contribution in [0.2, 0.25) is 0 Å². The molecule has 0 radical (unpaired) electrons. The van der Waals surface area contributed by atoms with Gasteiger partial charge in [0, 0.05) is 0 Å². The van der Waals surface area contributed by atoms with E-state index >= 15 is 0 Å². The lowest BCUT2D eigenvalue weighted by Crippen LogP contribution is -2.08. The maximum atomic E-state index is 10.7. The van der Waals surface area contributed by atoms with Crippen molar-refractivity contribution in [3.8, 4) is 0 Å². The van der Waals surface area contributed by atoms with Crippen molar-refractivity contribution in [2.75, 3.05) is 0 Å². The number of carboxylic acid groups (broad SMARTS) is 1. The fourth-order valence-corrected chi connectivity index (χ4v) is 1.22. The van der Waals surface area contributed by atoms with Gasteiger partial charge >= 0.3 is 5.97 Å². The standard InChI is InChI=1S/C11H12O2/c1-3-9-6-4-5-7-10(9)8(2)11(12)13/h3-8H,1H2,2H3,(H,12,13). The largest absolute Gasteiger partial charge is 0.481 e. The summed E-state index contributed by atoms with van der Waals surface area (Å²) in [6.07, 6.45) is 1.68. The molecule has 0 aromatic heterocycles. The minimum absolute atomic E-state index is 0.478. The normalized spacial score (nSPS) is 12.1. The van der Waals surface area contributed by atoms with Crippen LogP contribution in [0.25, 0.3) is 6.08 Å². The number of carboxylic acids is 1. The number of rotatable bonds is 3. The van der Waals surface area contributed by atoms with Gasteiger partial charge in [0.1, 0.15) is 0 Å². The third-order valence-corrected chi connectivity index (χ3v) is 2.05. The van der Waals surface area contributed by atoms with Crippen molar-refractivity contribution in [3.05, 3.63) is 42.0 Å². The minimum Gasteiger partial charge on any atom is -0.481 e. The van der Waals surface area contributed by atoms with Gasteiger partial charge in [0.15, 0.2) is 0 Å². The quantitative estimate of drug-likeness (QED) is 0.768. The zero-order chi connectivity index (χ0) is 9.84. The zero-order valence-corrected chi connectivity index (χ0v) is 7.53. The lowest BCUT2D eigenvalue weighted by atomic mass is 9.96. The van der Waals surface area contributed by atoms with E-state index in [1.165, 1.54) is 0 Å². The van der Waals surface area contributed by atoms with Gasteiger partial charge in [0.2, 0.25) is 0 Å². The topological polar surface area (TPSA) is 37.3 Å². The van der Waals surface area contributed by atoms with E-state index in [0.717, 1.165) is 11.1 Å². The molecular formula is C11H12O2. The molecule has 0 saturated heterocycles. The molecule has 2 nitrogen and oxygen atoms in total. The second kappa shape index (κ2) is 3.90. The molecule has 1 unspecified atom stereocenters. The Hall–Kier alpha value is -1.57. The molecule has 2 heteroatoms. The molecule has 1 aromatic carbocycles. The smallest absolute Gasteiger partial charge is 0.310 e. The van der Waals surface area contributed by atoms with Crippen LogP contribution in [-0.2, 0) is 4.79 Å². The highest BCUT2D eigenvalue weighted by molar-refractivity contribution is 5.77. The molecule has 13 heavy (non-hydrogen) atoms. The van der Waals surface area contributed by atoms with Crippen molar-refractivity contribution < 1.29 is 9.90 Å². The molecule has 0 bridgehead atoms. The summed E-state index contributed by atoms with van der Waals surface area (Å²) in [5.74, 6) is -1.29. The highest BCUT2D eigenvalue weighted by atomic mass is 16.4. The molecular weight excluding hydrogens is 164 g/mol. The molecule has 68 valence electrons. The Labute approximate surface area is 77.5 Å².